The number of benzene rings is 1. The number of carbonyl (C=O) groups excluding carboxylic acids is 1. The van der Waals surface area contributed by atoms with Crippen molar-refractivity contribution in [1.82, 2.24) is 5.43 Å². The zero-order valence-corrected chi connectivity index (χ0v) is 11.9. The SMILES string of the molecule is COc1ccc(C(C/C(C)=N\NC(N)=O)C[N+](=O)[O-])cc1. The lowest BCUT2D eigenvalue weighted by Crippen LogP contribution is -2.26. The van der Waals surface area contributed by atoms with Gasteiger partial charge in [-0.2, -0.15) is 5.10 Å². The minimum Gasteiger partial charge on any atom is -0.497 e. The second-order valence-corrected chi connectivity index (χ2v) is 4.51. The Balaban J connectivity index is 2.86. The maximum absolute atomic E-state index is 10.8. The molecule has 1 unspecified atom stereocenters. The van der Waals surface area contributed by atoms with Crippen LogP contribution in [0, 0.1) is 10.1 Å². The van der Waals surface area contributed by atoms with Gasteiger partial charge in [-0.3, -0.25) is 10.1 Å². The third kappa shape index (κ3) is 5.89. The summed E-state index contributed by atoms with van der Waals surface area (Å²) in [5.74, 6) is 0.337. The van der Waals surface area contributed by atoms with Gasteiger partial charge in [0.2, 0.25) is 6.54 Å². The highest BCUT2D eigenvalue weighted by Crippen LogP contribution is 2.23. The summed E-state index contributed by atoms with van der Waals surface area (Å²) in [5.41, 5.74) is 8.39. The van der Waals surface area contributed by atoms with E-state index in [1.54, 1.807) is 38.3 Å². The van der Waals surface area contributed by atoms with E-state index in [1.165, 1.54) is 0 Å². The average molecular weight is 294 g/mol. The Morgan fingerprint density at radius 3 is 2.57 bits per heavy atom. The summed E-state index contributed by atoms with van der Waals surface area (Å²) in [6.45, 7) is 1.45. The molecule has 0 aliphatic heterocycles. The first-order chi connectivity index (χ1) is 9.92. The zero-order chi connectivity index (χ0) is 15.8. The smallest absolute Gasteiger partial charge is 0.332 e. The molecule has 0 spiro atoms. The van der Waals surface area contributed by atoms with Crippen molar-refractivity contribution in [3.8, 4) is 5.75 Å². The number of carbonyl (C=O) groups is 1. The van der Waals surface area contributed by atoms with Gasteiger partial charge in [0.05, 0.1) is 13.0 Å². The molecular formula is C13H18N4O4. The summed E-state index contributed by atoms with van der Waals surface area (Å²) < 4.78 is 5.06. The summed E-state index contributed by atoms with van der Waals surface area (Å²) >= 11 is 0. The molecule has 114 valence electrons. The number of nitro groups is 1. The summed E-state index contributed by atoms with van der Waals surface area (Å²) in [5, 5.41) is 14.6. The highest BCUT2D eigenvalue weighted by atomic mass is 16.6. The summed E-state index contributed by atoms with van der Waals surface area (Å²) in [6.07, 6.45) is 0.341. The van der Waals surface area contributed by atoms with Crippen LogP contribution < -0.4 is 15.9 Å². The van der Waals surface area contributed by atoms with E-state index in [9.17, 15) is 14.9 Å². The van der Waals surface area contributed by atoms with E-state index in [2.05, 4.69) is 10.5 Å². The molecule has 0 radical (unpaired) electrons. The van der Waals surface area contributed by atoms with Crippen LogP contribution in [0.5, 0.6) is 5.75 Å². The number of hydrogen-bond donors (Lipinski definition) is 2. The summed E-state index contributed by atoms with van der Waals surface area (Å²) in [6, 6.07) is 6.28. The third-order valence-electron chi connectivity index (χ3n) is 2.86. The Bertz CT molecular complexity index is 527. The van der Waals surface area contributed by atoms with Crippen LogP contribution in [-0.4, -0.2) is 30.3 Å². The number of primary amides is 1. The molecule has 0 heterocycles. The lowest BCUT2D eigenvalue weighted by molar-refractivity contribution is -0.483. The summed E-state index contributed by atoms with van der Waals surface area (Å²) in [4.78, 5) is 21.0. The van der Waals surface area contributed by atoms with Gasteiger partial charge in [0.1, 0.15) is 5.75 Å². The van der Waals surface area contributed by atoms with E-state index in [4.69, 9.17) is 10.5 Å². The first kappa shape index (κ1) is 16.4. The van der Waals surface area contributed by atoms with Crippen molar-refractivity contribution in [2.24, 2.45) is 10.8 Å². The molecule has 0 aliphatic carbocycles. The first-order valence-electron chi connectivity index (χ1n) is 6.26. The number of nitrogens with zero attached hydrogens (tertiary/aromatic N) is 2. The molecule has 1 aromatic rings. The van der Waals surface area contributed by atoms with Crippen molar-refractivity contribution in [2.45, 2.75) is 19.3 Å². The quantitative estimate of drug-likeness (QED) is 0.449. The van der Waals surface area contributed by atoms with Crippen molar-refractivity contribution >= 4 is 11.7 Å². The van der Waals surface area contributed by atoms with Gasteiger partial charge in [0.25, 0.3) is 0 Å². The average Bonchev–Trinajstić information content (AvgIpc) is 2.44. The second-order valence-electron chi connectivity index (χ2n) is 4.51. The fourth-order valence-corrected chi connectivity index (χ4v) is 1.90. The minimum absolute atomic E-state index is 0.226. The maximum atomic E-state index is 10.8. The molecular weight excluding hydrogens is 276 g/mol. The fourth-order valence-electron chi connectivity index (χ4n) is 1.90. The van der Waals surface area contributed by atoms with E-state index in [0.717, 1.165) is 5.56 Å². The number of amides is 2. The standard InChI is InChI=1S/C13H18N4O4/c1-9(15-16-13(14)18)7-11(8-17(19)20)10-3-5-12(21-2)6-4-10/h3-6,11H,7-8H2,1-2H3,(H3,14,16,18)/b15-9-. The van der Waals surface area contributed by atoms with Gasteiger partial charge in [-0.05, 0) is 24.6 Å². The van der Waals surface area contributed by atoms with Crippen molar-refractivity contribution in [3.63, 3.8) is 0 Å². The van der Waals surface area contributed by atoms with E-state index in [0.29, 0.717) is 17.9 Å². The third-order valence-corrected chi connectivity index (χ3v) is 2.86. The number of nitrogens with one attached hydrogen (secondary N) is 1. The number of hydrogen-bond acceptors (Lipinski definition) is 5. The van der Waals surface area contributed by atoms with Crippen LogP contribution in [-0.2, 0) is 0 Å². The zero-order valence-electron chi connectivity index (χ0n) is 11.9. The fraction of sp³-hybridized carbons (Fsp3) is 0.385. The number of hydrazone groups is 1. The highest BCUT2D eigenvalue weighted by molar-refractivity contribution is 5.84. The lowest BCUT2D eigenvalue weighted by Gasteiger charge is -2.13. The van der Waals surface area contributed by atoms with Crippen molar-refractivity contribution < 1.29 is 14.5 Å². The Kier molecular flexibility index (Phi) is 6.12. The molecule has 3 N–H and O–H groups in total. The molecule has 21 heavy (non-hydrogen) atoms. The van der Waals surface area contributed by atoms with Gasteiger partial charge < -0.3 is 10.5 Å². The van der Waals surface area contributed by atoms with Crippen LogP contribution in [0.4, 0.5) is 4.79 Å². The maximum Gasteiger partial charge on any atom is 0.332 e. The highest BCUT2D eigenvalue weighted by Gasteiger charge is 2.19. The van der Waals surface area contributed by atoms with Crippen molar-refractivity contribution in [1.29, 1.82) is 0 Å². The number of nitrogens with two attached hydrogens (primary N) is 1. The minimum atomic E-state index is -0.773. The molecule has 0 fully saturated rings. The Hall–Kier alpha value is -2.64. The Morgan fingerprint density at radius 1 is 1.48 bits per heavy atom. The van der Waals surface area contributed by atoms with Crippen LogP contribution in [0.2, 0.25) is 0 Å². The Morgan fingerprint density at radius 2 is 2.10 bits per heavy atom. The van der Waals surface area contributed by atoms with Gasteiger partial charge in [0, 0.05) is 17.1 Å². The van der Waals surface area contributed by atoms with Crippen LogP contribution in [0.1, 0.15) is 24.8 Å². The lowest BCUT2D eigenvalue weighted by atomic mass is 9.94. The molecule has 0 saturated carbocycles. The first-order valence-corrected chi connectivity index (χ1v) is 6.26. The molecule has 2 amide bonds. The Labute approximate surface area is 122 Å². The van der Waals surface area contributed by atoms with Gasteiger partial charge >= 0.3 is 6.03 Å². The van der Waals surface area contributed by atoms with Gasteiger partial charge in [-0.15, -0.1) is 0 Å². The van der Waals surface area contributed by atoms with E-state index >= 15 is 0 Å². The van der Waals surface area contributed by atoms with E-state index in [1.807, 2.05) is 0 Å². The number of rotatable bonds is 7. The van der Waals surface area contributed by atoms with Gasteiger partial charge in [0.15, 0.2) is 0 Å². The van der Waals surface area contributed by atoms with Crippen molar-refractivity contribution in [3.05, 3.63) is 39.9 Å². The number of methoxy groups -OCH3 is 1. The summed E-state index contributed by atoms with van der Waals surface area (Å²) in [7, 11) is 1.55. The molecule has 0 bridgehead atoms. The largest absolute Gasteiger partial charge is 0.497 e. The van der Waals surface area contributed by atoms with Crippen LogP contribution in [0.25, 0.3) is 0 Å². The van der Waals surface area contributed by atoms with Crippen molar-refractivity contribution in [2.75, 3.05) is 13.7 Å². The molecule has 1 rings (SSSR count). The number of urea groups is 1. The molecule has 8 heteroatoms. The van der Waals surface area contributed by atoms with Crippen LogP contribution in [0.15, 0.2) is 29.4 Å². The van der Waals surface area contributed by atoms with Crippen LogP contribution >= 0.6 is 0 Å². The molecule has 1 atom stereocenters. The van der Waals surface area contributed by atoms with Crippen LogP contribution in [0.3, 0.4) is 0 Å². The molecule has 0 saturated heterocycles. The predicted octanol–water partition coefficient (Wildman–Crippen LogP) is 1.49. The monoisotopic (exact) mass is 294 g/mol. The molecule has 0 aromatic heterocycles. The van der Waals surface area contributed by atoms with E-state index < -0.39 is 6.03 Å². The van der Waals surface area contributed by atoms with E-state index in [-0.39, 0.29) is 17.4 Å². The number of ether oxygens (including phenoxy) is 1. The topological polar surface area (TPSA) is 120 Å². The molecule has 8 nitrogen and oxygen atoms in total. The van der Waals surface area contributed by atoms with Gasteiger partial charge in [-0.1, -0.05) is 12.1 Å². The van der Waals surface area contributed by atoms with Gasteiger partial charge in [-0.25, -0.2) is 10.2 Å². The molecule has 1 aromatic carbocycles. The normalized spacial score (nSPS) is 12.6. The molecule has 0 aliphatic rings. The predicted molar refractivity (Wildman–Crippen MR) is 78.0 cm³/mol. The second kappa shape index (κ2) is 7.83.